The van der Waals surface area contributed by atoms with Crippen LogP contribution in [0.4, 0.5) is 5.69 Å². The largest absolute Gasteiger partial charge is 0.507 e. The molecule has 0 saturated heterocycles. The Morgan fingerprint density at radius 3 is 2.38 bits per heavy atom. The van der Waals surface area contributed by atoms with Crippen LogP contribution in [0.2, 0.25) is 0 Å². The van der Waals surface area contributed by atoms with Crippen LogP contribution in [0.1, 0.15) is 48.8 Å². The highest BCUT2D eigenvalue weighted by Crippen LogP contribution is 2.53. The maximum absolute atomic E-state index is 14.1. The number of aliphatic hydroxyl groups is 3. The number of aromatic hydroxyl groups is 1. The van der Waals surface area contributed by atoms with E-state index in [1.165, 1.54) is 0 Å². The van der Waals surface area contributed by atoms with Crippen LogP contribution in [-0.2, 0) is 27.3 Å². The fourth-order valence-electron chi connectivity index (χ4n) is 7.62. The van der Waals surface area contributed by atoms with Gasteiger partial charge in [0.1, 0.15) is 17.4 Å². The summed E-state index contributed by atoms with van der Waals surface area (Å²) in [5.74, 6) is -7.32. The first-order valence-electron chi connectivity index (χ1n) is 14.0. The van der Waals surface area contributed by atoms with Crippen LogP contribution < -0.4 is 16.0 Å². The van der Waals surface area contributed by atoms with Crippen LogP contribution in [0.3, 0.4) is 0 Å². The minimum absolute atomic E-state index is 0.0941. The lowest BCUT2D eigenvalue weighted by atomic mass is 9.54. The molecule has 40 heavy (non-hydrogen) atoms. The zero-order valence-corrected chi connectivity index (χ0v) is 23.5. The van der Waals surface area contributed by atoms with Crippen molar-refractivity contribution < 1.29 is 34.8 Å². The number of nitrogens with two attached hydrogens (primary N) is 1. The number of benzene rings is 1. The molecule has 7 N–H and O–H groups in total. The molecule has 1 amide bonds. The molecule has 0 spiro atoms. The molecule has 4 aliphatic rings. The molecule has 3 saturated carbocycles. The predicted octanol–water partition coefficient (Wildman–Crippen LogP) is 0.227. The lowest BCUT2D eigenvalue weighted by molar-refractivity contribution is -0.184. The van der Waals surface area contributed by atoms with Crippen LogP contribution in [0.15, 0.2) is 11.6 Å². The average molecular weight is 557 g/mol. The Kier molecular flexibility index (Phi) is 7.23. The van der Waals surface area contributed by atoms with Crippen molar-refractivity contribution in [2.45, 2.75) is 68.9 Å². The minimum atomic E-state index is -2.66. The standard InChI is InChI=1S/C29H40N4O7/c1-32(2)18-11-14(12-31-15-7-5-6-8-15)23(34)20-16(18)9-13-10-17-22(33(3)4)25(36)21(28(30)39)27(38)29(17,40)26(37)19(13)24(20)35/h11,13,15,17,21-22,25,31,34-36,40H,5-10,12H2,1-4H3,(H2,30,39)/t13-,17-,21?,22-,25?,29-/m1/s1. The third-order valence-electron chi connectivity index (χ3n) is 9.56. The Hall–Kier alpha value is -2.99. The monoisotopic (exact) mass is 556 g/mol. The molecule has 218 valence electrons. The number of ketones is 2. The molecule has 0 aliphatic heterocycles. The molecular formula is C29H40N4O7. The molecule has 5 rings (SSSR count). The molecule has 4 aliphatic carbocycles. The lowest BCUT2D eigenvalue weighted by Gasteiger charge is -2.53. The number of hydrogen-bond donors (Lipinski definition) is 6. The molecule has 1 aromatic carbocycles. The third-order valence-corrected chi connectivity index (χ3v) is 9.56. The van der Waals surface area contributed by atoms with E-state index in [1.54, 1.807) is 19.0 Å². The van der Waals surface area contributed by atoms with Gasteiger partial charge in [0.25, 0.3) is 0 Å². The number of phenols is 1. The first-order valence-corrected chi connectivity index (χ1v) is 14.0. The predicted molar refractivity (Wildman–Crippen MR) is 148 cm³/mol. The Bertz CT molecular complexity index is 1290. The third kappa shape index (κ3) is 4.13. The topological polar surface area (TPSA) is 177 Å². The molecule has 6 atom stereocenters. The molecule has 0 heterocycles. The quantitative estimate of drug-likeness (QED) is 0.266. The number of carbonyl (C=O) groups excluding carboxylic acids is 3. The van der Waals surface area contributed by atoms with Crippen molar-refractivity contribution in [3.63, 3.8) is 0 Å². The van der Waals surface area contributed by atoms with Gasteiger partial charge in [0.15, 0.2) is 11.4 Å². The number of primary amides is 1. The van der Waals surface area contributed by atoms with Crippen LogP contribution in [0, 0.1) is 17.8 Å². The van der Waals surface area contributed by atoms with Crippen molar-refractivity contribution in [1.29, 1.82) is 0 Å². The van der Waals surface area contributed by atoms with Crippen molar-refractivity contribution in [3.05, 3.63) is 28.3 Å². The molecule has 0 bridgehead atoms. The van der Waals surface area contributed by atoms with E-state index in [2.05, 4.69) is 5.32 Å². The van der Waals surface area contributed by atoms with E-state index in [4.69, 9.17) is 5.73 Å². The van der Waals surface area contributed by atoms with E-state index in [-0.39, 0.29) is 29.7 Å². The summed E-state index contributed by atoms with van der Waals surface area (Å²) in [6.07, 6.45) is 3.27. The molecule has 3 fully saturated rings. The number of rotatable bonds is 6. The normalized spacial score (nSPS) is 32.2. The summed E-state index contributed by atoms with van der Waals surface area (Å²) in [5, 5.41) is 49.2. The summed E-state index contributed by atoms with van der Waals surface area (Å²) in [5.41, 5.74) is 4.78. The van der Waals surface area contributed by atoms with E-state index >= 15 is 0 Å². The van der Waals surface area contributed by atoms with E-state index in [9.17, 15) is 34.8 Å². The average Bonchev–Trinajstić information content (AvgIpc) is 3.39. The van der Waals surface area contributed by atoms with Crippen LogP contribution in [-0.4, -0.2) is 94.8 Å². The van der Waals surface area contributed by atoms with Crippen LogP contribution in [0.5, 0.6) is 5.75 Å². The zero-order valence-electron chi connectivity index (χ0n) is 23.5. The number of aliphatic hydroxyl groups excluding tert-OH is 2. The highest BCUT2D eigenvalue weighted by Gasteiger charge is 2.67. The van der Waals surface area contributed by atoms with E-state index in [1.807, 2.05) is 25.1 Å². The van der Waals surface area contributed by atoms with E-state index < -0.39 is 58.7 Å². The van der Waals surface area contributed by atoms with E-state index in [0.29, 0.717) is 23.7 Å². The van der Waals surface area contributed by atoms with Gasteiger partial charge in [-0.1, -0.05) is 12.8 Å². The Morgan fingerprint density at radius 2 is 1.80 bits per heavy atom. The minimum Gasteiger partial charge on any atom is -0.507 e. The second-order valence-corrected chi connectivity index (χ2v) is 12.3. The molecule has 1 aromatic rings. The van der Waals surface area contributed by atoms with Gasteiger partial charge in [-0.3, -0.25) is 14.4 Å². The second kappa shape index (κ2) is 10.1. The van der Waals surface area contributed by atoms with Crippen molar-refractivity contribution in [1.82, 2.24) is 10.2 Å². The van der Waals surface area contributed by atoms with Gasteiger partial charge < -0.3 is 41.3 Å². The van der Waals surface area contributed by atoms with Gasteiger partial charge in [0.2, 0.25) is 11.7 Å². The number of carbonyl (C=O) groups is 3. The Labute approximate surface area is 233 Å². The van der Waals surface area contributed by atoms with Crippen LogP contribution >= 0.6 is 0 Å². The number of hydrogen-bond acceptors (Lipinski definition) is 10. The Morgan fingerprint density at radius 1 is 1.15 bits per heavy atom. The zero-order chi connectivity index (χ0) is 29.3. The number of phenolic OH excluding ortho intramolecular Hbond substituents is 1. The Balaban J connectivity index is 1.63. The van der Waals surface area contributed by atoms with Gasteiger partial charge in [0, 0.05) is 55.5 Å². The molecular weight excluding hydrogens is 516 g/mol. The SMILES string of the molecule is CN(C)c1cc(CNC2CCCC2)c(O)c2c1C[C@@H]1C[C@@H]3[C@@H](N(C)C)C(O)C(C(N)=O)C(=O)[C@]3(O)C(=O)C1=C2O. The first kappa shape index (κ1) is 28.5. The highest BCUT2D eigenvalue weighted by molar-refractivity contribution is 6.25. The molecule has 11 nitrogen and oxygen atoms in total. The maximum atomic E-state index is 14.1. The number of amides is 1. The number of fused-ring (bicyclic) bond motifs is 3. The molecule has 0 aromatic heterocycles. The number of Topliss-reactive ketones (excluding diaryl/α,β-unsaturated/α-hetero) is 2. The summed E-state index contributed by atoms with van der Waals surface area (Å²) < 4.78 is 0. The summed E-state index contributed by atoms with van der Waals surface area (Å²) >= 11 is 0. The summed E-state index contributed by atoms with van der Waals surface area (Å²) in [6, 6.07) is 1.32. The van der Waals surface area contributed by atoms with Gasteiger partial charge in [-0.05, 0) is 57.3 Å². The first-order chi connectivity index (χ1) is 18.8. The molecule has 0 radical (unpaired) electrons. The van der Waals surface area contributed by atoms with Crippen molar-refractivity contribution in [2.75, 3.05) is 33.1 Å². The van der Waals surface area contributed by atoms with Gasteiger partial charge in [-0.2, -0.15) is 0 Å². The fourth-order valence-corrected chi connectivity index (χ4v) is 7.62. The maximum Gasteiger partial charge on any atom is 0.230 e. The second-order valence-electron chi connectivity index (χ2n) is 12.3. The van der Waals surface area contributed by atoms with Crippen LogP contribution in [0.25, 0.3) is 5.76 Å². The summed E-state index contributed by atoms with van der Waals surface area (Å²) in [4.78, 5) is 43.2. The van der Waals surface area contributed by atoms with Crippen molar-refractivity contribution in [2.24, 2.45) is 23.5 Å². The number of nitrogens with zero attached hydrogens (tertiary/aromatic N) is 2. The van der Waals surface area contributed by atoms with Crippen molar-refractivity contribution >= 4 is 28.9 Å². The van der Waals surface area contributed by atoms with Crippen molar-refractivity contribution in [3.8, 4) is 5.75 Å². The van der Waals surface area contributed by atoms with E-state index in [0.717, 1.165) is 31.4 Å². The number of nitrogens with one attached hydrogen (secondary N) is 1. The molecule has 2 unspecified atom stereocenters. The smallest absolute Gasteiger partial charge is 0.230 e. The van der Waals surface area contributed by atoms with Gasteiger partial charge in [-0.25, -0.2) is 0 Å². The molecule has 11 heteroatoms. The summed E-state index contributed by atoms with van der Waals surface area (Å²) in [6.45, 7) is 0.373. The lowest BCUT2D eigenvalue weighted by Crippen LogP contribution is -2.73. The van der Waals surface area contributed by atoms with Gasteiger partial charge in [0.05, 0.1) is 11.7 Å². The van der Waals surface area contributed by atoms with Gasteiger partial charge in [-0.15, -0.1) is 0 Å². The number of anilines is 1. The van der Waals surface area contributed by atoms with Gasteiger partial charge >= 0.3 is 0 Å². The number of likely N-dealkylation sites (N-methyl/N-ethyl adjacent to an activating group) is 1. The summed E-state index contributed by atoms with van der Waals surface area (Å²) in [7, 11) is 7.00. The highest BCUT2D eigenvalue weighted by atomic mass is 16.3. The fraction of sp³-hybridized carbons (Fsp3) is 0.621.